The summed E-state index contributed by atoms with van der Waals surface area (Å²) in [4.78, 5) is 10.9. The molecule has 2 N–H and O–H groups in total. The minimum Gasteiger partial charge on any atom is -0.478 e. The number of aromatic carboxylic acids is 1. The van der Waals surface area contributed by atoms with E-state index in [9.17, 15) is 4.79 Å². The molecule has 0 heterocycles. The first-order valence-electron chi connectivity index (χ1n) is 6.38. The zero-order valence-electron chi connectivity index (χ0n) is 11.1. The van der Waals surface area contributed by atoms with Crippen LogP contribution in [0.15, 0.2) is 48.5 Å². The fourth-order valence-electron chi connectivity index (χ4n) is 2.02. The highest BCUT2D eigenvalue weighted by Crippen LogP contribution is 2.22. The standard InChI is InChI=1S/C16H16ClNO2/c1-11(14-7-2-3-8-15(14)17)18-10-12-5-4-6-13(9-12)16(19)20/h2-9,11,18H,10H2,1H3,(H,19,20). The van der Waals surface area contributed by atoms with Crippen LogP contribution < -0.4 is 5.32 Å². The van der Waals surface area contributed by atoms with Crippen molar-refractivity contribution in [3.8, 4) is 0 Å². The Bertz CT molecular complexity index is 613. The van der Waals surface area contributed by atoms with Gasteiger partial charge in [0.15, 0.2) is 0 Å². The van der Waals surface area contributed by atoms with Crippen molar-refractivity contribution < 1.29 is 9.90 Å². The third kappa shape index (κ3) is 3.59. The van der Waals surface area contributed by atoms with Gasteiger partial charge in [-0.15, -0.1) is 0 Å². The summed E-state index contributed by atoms with van der Waals surface area (Å²) >= 11 is 6.15. The predicted molar refractivity (Wildman–Crippen MR) is 80.1 cm³/mol. The second kappa shape index (κ2) is 6.55. The number of hydrogen-bond donors (Lipinski definition) is 2. The maximum absolute atomic E-state index is 10.9. The van der Waals surface area contributed by atoms with Gasteiger partial charge in [-0.1, -0.05) is 41.9 Å². The minimum absolute atomic E-state index is 0.0946. The van der Waals surface area contributed by atoms with Gasteiger partial charge in [-0.2, -0.15) is 0 Å². The van der Waals surface area contributed by atoms with Crippen LogP contribution in [0.1, 0.15) is 34.5 Å². The molecule has 0 spiro atoms. The van der Waals surface area contributed by atoms with Crippen LogP contribution >= 0.6 is 11.6 Å². The molecular weight excluding hydrogens is 274 g/mol. The predicted octanol–water partition coefficient (Wildman–Crippen LogP) is 3.89. The summed E-state index contributed by atoms with van der Waals surface area (Å²) in [6.07, 6.45) is 0. The van der Waals surface area contributed by atoms with Crippen molar-refractivity contribution in [1.29, 1.82) is 0 Å². The largest absolute Gasteiger partial charge is 0.478 e. The van der Waals surface area contributed by atoms with Crippen LogP contribution in [0.3, 0.4) is 0 Å². The Morgan fingerprint density at radius 1 is 1.25 bits per heavy atom. The van der Waals surface area contributed by atoms with Gasteiger partial charge in [0.25, 0.3) is 0 Å². The highest BCUT2D eigenvalue weighted by Gasteiger charge is 2.09. The molecule has 0 saturated heterocycles. The van der Waals surface area contributed by atoms with Gasteiger partial charge in [-0.05, 0) is 36.2 Å². The van der Waals surface area contributed by atoms with Crippen LogP contribution in [0, 0.1) is 0 Å². The van der Waals surface area contributed by atoms with E-state index in [1.54, 1.807) is 18.2 Å². The van der Waals surface area contributed by atoms with Crippen LogP contribution in [0.2, 0.25) is 5.02 Å². The molecule has 0 amide bonds. The number of hydrogen-bond acceptors (Lipinski definition) is 2. The van der Waals surface area contributed by atoms with Gasteiger partial charge in [-0.3, -0.25) is 0 Å². The monoisotopic (exact) mass is 289 g/mol. The average molecular weight is 290 g/mol. The topological polar surface area (TPSA) is 49.3 Å². The Kier molecular flexibility index (Phi) is 4.77. The van der Waals surface area contributed by atoms with E-state index in [1.165, 1.54) is 0 Å². The Labute approximate surface area is 123 Å². The quantitative estimate of drug-likeness (QED) is 0.878. The number of carboxylic acid groups (broad SMARTS) is 1. The molecule has 0 aliphatic rings. The van der Waals surface area contributed by atoms with Crippen LogP contribution in [0.5, 0.6) is 0 Å². The van der Waals surface area contributed by atoms with Crippen LogP contribution in [0.25, 0.3) is 0 Å². The summed E-state index contributed by atoms with van der Waals surface area (Å²) in [5.41, 5.74) is 2.27. The summed E-state index contributed by atoms with van der Waals surface area (Å²) in [5.74, 6) is -0.911. The number of carbonyl (C=O) groups is 1. The second-order valence-corrected chi connectivity index (χ2v) is 5.04. The number of halogens is 1. The first-order chi connectivity index (χ1) is 9.58. The number of nitrogens with one attached hydrogen (secondary N) is 1. The summed E-state index contributed by atoms with van der Waals surface area (Å²) in [6.45, 7) is 2.62. The van der Waals surface area contributed by atoms with E-state index in [4.69, 9.17) is 16.7 Å². The zero-order chi connectivity index (χ0) is 14.5. The Morgan fingerprint density at radius 3 is 2.70 bits per heavy atom. The average Bonchev–Trinajstić information content (AvgIpc) is 2.45. The molecule has 0 aliphatic carbocycles. The molecule has 0 radical (unpaired) electrons. The number of carboxylic acids is 1. The second-order valence-electron chi connectivity index (χ2n) is 4.63. The van der Waals surface area contributed by atoms with E-state index in [0.717, 1.165) is 16.1 Å². The molecule has 1 unspecified atom stereocenters. The van der Waals surface area contributed by atoms with Crippen molar-refractivity contribution in [2.45, 2.75) is 19.5 Å². The lowest BCUT2D eigenvalue weighted by molar-refractivity contribution is 0.0696. The smallest absolute Gasteiger partial charge is 0.335 e. The molecule has 2 aromatic carbocycles. The van der Waals surface area contributed by atoms with Gasteiger partial charge in [-0.25, -0.2) is 4.79 Å². The zero-order valence-corrected chi connectivity index (χ0v) is 11.9. The van der Waals surface area contributed by atoms with Gasteiger partial charge >= 0.3 is 5.97 Å². The van der Waals surface area contributed by atoms with Crippen molar-refractivity contribution in [2.24, 2.45) is 0 Å². The third-order valence-corrected chi connectivity index (χ3v) is 3.50. The lowest BCUT2D eigenvalue weighted by Gasteiger charge is -2.15. The summed E-state index contributed by atoms with van der Waals surface area (Å²) < 4.78 is 0. The third-order valence-electron chi connectivity index (χ3n) is 3.16. The fourth-order valence-corrected chi connectivity index (χ4v) is 2.32. The van der Waals surface area contributed by atoms with E-state index in [1.807, 2.05) is 37.3 Å². The van der Waals surface area contributed by atoms with E-state index in [2.05, 4.69) is 5.32 Å². The van der Waals surface area contributed by atoms with E-state index in [-0.39, 0.29) is 6.04 Å². The molecule has 0 bridgehead atoms. The Balaban J connectivity index is 2.04. The van der Waals surface area contributed by atoms with Crippen LogP contribution in [0.4, 0.5) is 0 Å². The number of benzene rings is 2. The van der Waals surface area contributed by atoms with Crippen molar-refractivity contribution >= 4 is 17.6 Å². The highest BCUT2D eigenvalue weighted by atomic mass is 35.5. The van der Waals surface area contributed by atoms with E-state index < -0.39 is 5.97 Å². The summed E-state index contributed by atoms with van der Waals surface area (Å²) in [5, 5.41) is 13.0. The molecule has 2 rings (SSSR count). The van der Waals surface area contributed by atoms with Gasteiger partial charge in [0, 0.05) is 17.6 Å². The fraction of sp³-hybridized carbons (Fsp3) is 0.188. The van der Waals surface area contributed by atoms with Gasteiger partial charge in [0.1, 0.15) is 0 Å². The minimum atomic E-state index is -0.911. The molecule has 0 aliphatic heterocycles. The first kappa shape index (κ1) is 14.6. The van der Waals surface area contributed by atoms with Gasteiger partial charge in [0.05, 0.1) is 5.56 Å². The Hall–Kier alpha value is -1.84. The molecule has 4 heteroatoms. The molecular formula is C16H16ClNO2. The van der Waals surface area contributed by atoms with E-state index >= 15 is 0 Å². The SMILES string of the molecule is CC(NCc1cccc(C(=O)O)c1)c1ccccc1Cl. The van der Waals surface area contributed by atoms with Crippen molar-refractivity contribution in [1.82, 2.24) is 5.32 Å². The molecule has 0 aromatic heterocycles. The summed E-state index contributed by atoms with van der Waals surface area (Å²) in [6, 6.07) is 14.7. The van der Waals surface area contributed by atoms with Crippen LogP contribution in [-0.2, 0) is 6.54 Å². The number of rotatable bonds is 5. The normalized spacial score (nSPS) is 12.1. The van der Waals surface area contributed by atoms with Crippen molar-refractivity contribution in [3.05, 3.63) is 70.2 Å². The molecule has 3 nitrogen and oxygen atoms in total. The van der Waals surface area contributed by atoms with E-state index in [0.29, 0.717) is 12.1 Å². The molecule has 2 aromatic rings. The highest BCUT2D eigenvalue weighted by molar-refractivity contribution is 6.31. The Morgan fingerprint density at radius 2 is 2.00 bits per heavy atom. The van der Waals surface area contributed by atoms with Crippen molar-refractivity contribution in [3.63, 3.8) is 0 Å². The van der Waals surface area contributed by atoms with Crippen molar-refractivity contribution in [2.75, 3.05) is 0 Å². The first-order valence-corrected chi connectivity index (χ1v) is 6.76. The van der Waals surface area contributed by atoms with Gasteiger partial charge in [0.2, 0.25) is 0 Å². The molecule has 104 valence electrons. The maximum Gasteiger partial charge on any atom is 0.335 e. The molecule has 0 fully saturated rings. The molecule has 1 atom stereocenters. The molecule has 0 saturated carbocycles. The molecule has 20 heavy (non-hydrogen) atoms. The summed E-state index contributed by atoms with van der Waals surface area (Å²) in [7, 11) is 0. The maximum atomic E-state index is 10.9. The van der Waals surface area contributed by atoms with Gasteiger partial charge < -0.3 is 10.4 Å². The lowest BCUT2D eigenvalue weighted by atomic mass is 10.1. The lowest BCUT2D eigenvalue weighted by Crippen LogP contribution is -2.18. The van der Waals surface area contributed by atoms with Crippen LogP contribution in [-0.4, -0.2) is 11.1 Å².